The highest BCUT2D eigenvalue weighted by Crippen LogP contribution is 2.28. The van der Waals surface area contributed by atoms with Crippen LogP contribution in [0.1, 0.15) is 30.6 Å². The molecule has 1 fully saturated rings. The number of halogens is 1. The van der Waals surface area contributed by atoms with E-state index in [0.29, 0.717) is 5.56 Å². The molecule has 0 unspecified atom stereocenters. The van der Waals surface area contributed by atoms with Gasteiger partial charge >= 0.3 is 0 Å². The van der Waals surface area contributed by atoms with Crippen molar-refractivity contribution in [2.75, 3.05) is 31.1 Å². The van der Waals surface area contributed by atoms with Gasteiger partial charge in [0.05, 0.1) is 5.69 Å². The van der Waals surface area contributed by atoms with Gasteiger partial charge < -0.3 is 9.80 Å². The molecule has 4 nitrogen and oxygen atoms in total. The zero-order chi connectivity index (χ0) is 14.7. The van der Waals surface area contributed by atoms with Gasteiger partial charge in [-0.3, -0.25) is 9.59 Å². The van der Waals surface area contributed by atoms with Crippen molar-refractivity contribution >= 4 is 33.3 Å². The molecule has 0 aliphatic carbocycles. The molecule has 1 aliphatic heterocycles. The lowest BCUT2D eigenvalue weighted by Gasteiger charge is -2.24. The van der Waals surface area contributed by atoms with Crippen molar-refractivity contribution < 1.29 is 9.59 Å². The van der Waals surface area contributed by atoms with Crippen LogP contribution in [-0.4, -0.2) is 42.8 Å². The number of hydrogen-bond acceptors (Lipinski definition) is 3. The van der Waals surface area contributed by atoms with Crippen molar-refractivity contribution in [1.82, 2.24) is 4.90 Å². The highest BCUT2D eigenvalue weighted by molar-refractivity contribution is 9.10. The molecular weight excluding hydrogens is 320 g/mol. The Morgan fingerprint density at radius 3 is 2.45 bits per heavy atom. The van der Waals surface area contributed by atoms with E-state index >= 15 is 0 Å². The number of carbonyl (C=O) groups excluding carboxylic acids is 2. The second-order valence-corrected chi connectivity index (χ2v) is 5.92. The van der Waals surface area contributed by atoms with E-state index < -0.39 is 0 Å². The van der Waals surface area contributed by atoms with Crippen molar-refractivity contribution in [3.8, 4) is 0 Å². The number of benzene rings is 1. The smallest absolute Gasteiger partial charge is 0.219 e. The summed E-state index contributed by atoms with van der Waals surface area (Å²) in [6.45, 7) is 6.48. The third kappa shape index (κ3) is 3.39. The molecule has 0 atom stereocenters. The lowest BCUT2D eigenvalue weighted by molar-refractivity contribution is -0.128. The summed E-state index contributed by atoms with van der Waals surface area (Å²) in [5.74, 6) is 0.203. The van der Waals surface area contributed by atoms with Gasteiger partial charge in [-0.15, -0.1) is 0 Å². The SMILES string of the molecule is CC(=O)c1ccc(N2CCCN(C(C)=O)CC2)c(Br)c1. The van der Waals surface area contributed by atoms with Gasteiger partial charge in [0.25, 0.3) is 0 Å². The monoisotopic (exact) mass is 338 g/mol. The largest absolute Gasteiger partial charge is 0.369 e. The molecule has 0 saturated carbocycles. The van der Waals surface area contributed by atoms with E-state index in [2.05, 4.69) is 20.8 Å². The summed E-state index contributed by atoms with van der Waals surface area (Å²) in [5.41, 5.74) is 1.79. The lowest BCUT2D eigenvalue weighted by atomic mass is 10.1. The summed E-state index contributed by atoms with van der Waals surface area (Å²) in [7, 11) is 0. The van der Waals surface area contributed by atoms with Crippen LogP contribution in [0, 0.1) is 0 Å². The molecular formula is C15H19BrN2O2. The van der Waals surface area contributed by atoms with Gasteiger partial charge in [-0.1, -0.05) is 0 Å². The lowest BCUT2D eigenvalue weighted by Crippen LogP contribution is -2.33. The van der Waals surface area contributed by atoms with E-state index in [1.54, 1.807) is 13.8 Å². The molecule has 1 aliphatic rings. The maximum atomic E-state index is 11.4. The first-order chi connectivity index (χ1) is 9.49. The zero-order valence-corrected chi connectivity index (χ0v) is 13.4. The number of rotatable bonds is 2. The van der Waals surface area contributed by atoms with Crippen LogP contribution in [-0.2, 0) is 4.79 Å². The molecule has 2 rings (SSSR count). The van der Waals surface area contributed by atoms with Gasteiger partial charge in [-0.2, -0.15) is 0 Å². The van der Waals surface area contributed by atoms with Crippen molar-refractivity contribution in [3.05, 3.63) is 28.2 Å². The second kappa shape index (κ2) is 6.39. The summed E-state index contributed by atoms with van der Waals surface area (Å²) in [6, 6.07) is 5.70. The second-order valence-electron chi connectivity index (χ2n) is 5.07. The summed E-state index contributed by atoms with van der Waals surface area (Å²) >= 11 is 3.55. The number of anilines is 1. The standard InChI is InChI=1S/C15H19BrN2O2/c1-11(19)13-4-5-15(14(16)10-13)18-7-3-6-17(8-9-18)12(2)20/h4-5,10H,3,6-9H2,1-2H3. The molecule has 1 aromatic rings. The molecule has 5 heteroatoms. The van der Waals surface area contributed by atoms with E-state index in [9.17, 15) is 9.59 Å². The Bertz CT molecular complexity index is 531. The Morgan fingerprint density at radius 1 is 1.10 bits per heavy atom. The average molecular weight is 339 g/mol. The van der Waals surface area contributed by atoms with Crippen molar-refractivity contribution in [1.29, 1.82) is 0 Å². The Morgan fingerprint density at radius 2 is 1.85 bits per heavy atom. The number of carbonyl (C=O) groups is 2. The first-order valence-electron chi connectivity index (χ1n) is 6.80. The van der Waals surface area contributed by atoms with Crippen LogP contribution < -0.4 is 4.90 Å². The molecule has 1 heterocycles. The fraction of sp³-hybridized carbons (Fsp3) is 0.467. The Kier molecular flexibility index (Phi) is 4.81. The quantitative estimate of drug-likeness (QED) is 0.778. The van der Waals surface area contributed by atoms with Gasteiger partial charge in [0.1, 0.15) is 0 Å². The number of ketones is 1. The predicted molar refractivity (Wildman–Crippen MR) is 83.2 cm³/mol. The fourth-order valence-corrected chi connectivity index (χ4v) is 3.09. The van der Waals surface area contributed by atoms with Gasteiger partial charge in [-0.05, 0) is 47.5 Å². The van der Waals surface area contributed by atoms with E-state index in [1.165, 1.54) is 0 Å². The van der Waals surface area contributed by atoms with Gasteiger partial charge in [0.2, 0.25) is 5.91 Å². The molecule has 108 valence electrons. The van der Waals surface area contributed by atoms with Crippen molar-refractivity contribution in [2.45, 2.75) is 20.3 Å². The summed E-state index contributed by atoms with van der Waals surface area (Å²) in [6.07, 6.45) is 0.959. The third-order valence-electron chi connectivity index (χ3n) is 3.64. The molecule has 1 aromatic carbocycles. The van der Waals surface area contributed by atoms with Crippen molar-refractivity contribution in [2.24, 2.45) is 0 Å². The fourth-order valence-electron chi connectivity index (χ4n) is 2.46. The number of Topliss-reactive ketones (excluding diaryl/α,β-unsaturated/α-hetero) is 1. The Balaban J connectivity index is 2.15. The zero-order valence-electron chi connectivity index (χ0n) is 11.9. The highest BCUT2D eigenvalue weighted by atomic mass is 79.9. The Labute approximate surface area is 127 Å². The minimum absolute atomic E-state index is 0.0656. The van der Waals surface area contributed by atoms with Gasteiger partial charge in [-0.25, -0.2) is 0 Å². The minimum atomic E-state index is 0.0656. The van der Waals surface area contributed by atoms with Crippen LogP contribution >= 0.6 is 15.9 Å². The predicted octanol–water partition coefficient (Wildman–Crippen LogP) is 2.71. The average Bonchev–Trinajstić information content (AvgIpc) is 2.64. The van der Waals surface area contributed by atoms with E-state index in [1.807, 2.05) is 23.1 Å². The molecule has 0 bridgehead atoms. The normalized spacial score (nSPS) is 15.9. The maximum Gasteiger partial charge on any atom is 0.219 e. The van der Waals surface area contributed by atoms with Crippen LogP contribution in [0.5, 0.6) is 0 Å². The Hall–Kier alpha value is -1.36. The molecule has 20 heavy (non-hydrogen) atoms. The maximum absolute atomic E-state index is 11.4. The van der Waals surface area contributed by atoms with Crippen LogP contribution in [0.2, 0.25) is 0 Å². The summed E-state index contributed by atoms with van der Waals surface area (Å²) in [5, 5.41) is 0. The van der Waals surface area contributed by atoms with Crippen LogP contribution in [0.15, 0.2) is 22.7 Å². The molecule has 0 spiro atoms. The summed E-state index contributed by atoms with van der Waals surface area (Å²) < 4.78 is 0.932. The van der Waals surface area contributed by atoms with Gasteiger partial charge in [0.15, 0.2) is 5.78 Å². The van der Waals surface area contributed by atoms with E-state index in [-0.39, 0.29) is 11.7 Å². The van der Waals surface area contributed by atoms with E-state index in [0.717, 1.165) is 42.8 Å². The van der Waals surface area contributed by atoms with Crippen LogP contribution in [0.4, 0.5) is 5.69 Å². The van der Waals surface area contributed by atoms with Crippen molar-refractivity contribution in [3.63, 3.8) is 0 Å². The molecule has 0 N–H and O–H groups in total. The first-order valence-corrected chi connectivity index (χ1v) is 7.59. The van der Waals surface area contributed by atoms with Crippen LogP contribution in [0.3, 0.4) is 0 Å². The first kappa shape index (κ1) is 15.0. The van der Waals surface area contributed by atoms with E-state index in [4.69, 9.17) is 0 Å². The molecule has 1 saturated heterocycles. The topological polar surface area (TPSA) is 40.6 Å². The molecule has 1 amide bonds. The highest BCUT2D eigenvalue weighted by Gasteiger charge is 2.18. The molecule has 0 aromatic heterocycles. The number of hydrogen-bond donors (Lipinski definition) is 0. The third-order valence-corrected chi connectivity index (χ3v) is 4.27. The van der Waals surface area contributed by atoms with Crippen LogP contribution in [0.25, 0.3) is 0 Å². The molecule has 0 radical (unpaired) electrons. The minimum Gasteiger partial charge on any atom is -0.369 e. The summed E-state index contributed by atoms with van der Waals surface area (Å²) in [4.78, 5) is 27.0. The number of nitrogens with zero attached hydrogens (tertiary/aromatic N) is 2. The van der Waals surface area contributed by atoms with Gasteiger partial charge in [0, 0.05) is 43.1 Å². The number of amides is 1.